The topological polar surface area (TPSA) is 55.4 Å². The molecule has 0 aliphatic rings. The molecule has 0 aliphatic carbocycles. The summed E-state index contributed by atoms with van der Waals surface area (Å²) < 4.78 is 5.55. The summed E-state index contributed by atoms with van der Waals surface area (Å²) in [7, 11) is 0. The van der Waals surface area contributed by atoms with E-state index in [4.69, 9.17) is 4.74 Å². The molecule has 3 aromatic rings. The van der Waals surface area contributed by atoms with E-state index >= 15 is 0 Å². The number of rotatable bonds is 7. The van der Waals surface area contributed by atoms with Gasteiger partial charge in [-0.25, -0.2) is 0 Å². The average molecular weight is 387 g/mol. The summed E-state index contributed by atoms with van der Waals surface area (Å²) in [6.45, 7) is 3.66. The van der Waals surface area contributed by atoms with Crippen LogP contribution < -0.4 is 5.32 Å². The number of carbonyl (C=O) groups excluding carboxylic acids is 2. The molecule has 0 saturated carbocycles. The number of aryl methyl sites for hydroxylation is 1. The van der Waals surface area contributed by atoms with E-state index in [0.717, 1.165) is 17.5 Å². The van der Waals surface area contributed by atoms with Crippen LogP contribution in [0.15, 0.2) is 84.9 Å². The first-order chi connectivity index (χ1) is 14.1. The van der Waals surface area contributed by atoms with Crippen molar-refractivity contribution in [3.63, 3.8) is 0 Å². The van der Waals surface area contributed by atoms with Gasteiger partial charge in [-0.15, -0.1) is 0 Å². The van der Waals surface area contributed by atoms with Gasteiger partial charge in [0.25, 0.3) is 5.91 Å². The molecule has 4 nitrogen and oxygen atoms in total. The zero-order valence-corrected chi connectivity index (χ0v) is 16.7. The predicted octanol–water partition coefficient (Wildman–Crippen LogP) is 4.95. The van der Waals surface area contributed by atoms with E-state index < -0.39 is 18.0 Å². The van der Waals surface area contributed by atoms with Crippen LogP contribution in [0, 0.1) is 0 Å². The number of amides is 1. The number of carbonyl (C=O) groups is 2. The van der Waals surface area contributed by atoms with Gasteiger partial charge in [-0.2, -0.15) is 0 Å². The molecule has 0 fully saturated rings. The van der Waals surface area contributed by atoms with Crippen molar-refractivity contribution in [1.29, 1.82) is 0 Å². The van der Waals surface area contributed by atoms with Crippen LogP contribution in [0.4, 0.5) is 5.69 Å². The highest BCUT2D eigenvalue weighted by molar-refractivity contribution is 5.95. The van der Waals surface area contributed by atoms with E-state index in [1.54, 1.807) is 6.92 Å². The lowest BCUT2D eigenvalue weighted by molar-refractivity contribution is -0.153. The molecule has 3 aromatic carbocycles. The molecule has 1 atom stereocenters. The largest absolute Gasteiger partial charge is 0.452 e. The Morgan fingerprint density at radius 2 is 1.34 bits per heavy atom. The van der Waals surface area contributed by atoms with Crippen molar-refractivity contribution >= 4 is 17.6 Å². The quantitative estimate of drug-likeness (QED) is 0.584. The SMILES string of the molecule is CCc1ccc(NC(=O)[C@H](C)OC(=O)C(c2ccccc2)c2ccccc2)cc1. The summed E-state index contributed by atoms with van der Waals surface area (Å²) in [5.41, 5.74) is 3.52. The third-order valence-electron chi connectivity index (χ3n) is 4.79. The van der Waals surface area contributed by atoms with Gasteiger partial charge in [0.2, 0.25) is 0 Å². The second kappa shape index (κ2) is 9.69. The number of nitrogens with one attached hydrogen (secondary N) is 1. The minimum absolute atomic E-state index is 0.359. The van der Waals surface area contributed by atoms with Crippen molar-refractivity contribution in [2.75, 3.05) is 5.32 Å². The highest BCUT2D eigenvalue weighted by atomic mass is 16.5. The van der Waals surface area contributed by atoms with Gasteiger partial charge in [0, 0.05) is 5.69 Å². The zero-order valence-electron chi connectivity index (χ0n) is 16.7. The summed E-state index contributed by atoms with van der Waals surface area (Å²) in [5, 5.41) is 2.80. The predicted molar refractivity (Wildman–Crippen MR) is 115 cm³/mol. The third-order valence-corrected chi connectivity index (χ3v) is 4.79. The maximum absolute atomic E-state index is 13.0. The van der Waals surface area contributed by atoms with Crippen LogP contribution in [0.1, 0.15) is 36.5 Å². The first-order valence-electron chi connectivity index (χ1n) is 9.78. The third kappa shape index (κ3) is 5.32. The number of hydrogen-bond donors (Lipinski definition) is 1. The van der Waals surface area contributed by atoms with Crippen molar-refractivity contribution in [2.24, 2.45) is 0 Å². The molecule has 0 spiro atoms. The van der Waals surface area contributed by atoms with Crippen LogP contribution >= 0.6 is 0 Å². The molecule has 0 saturated heterocycles. The standard InChI is InChI=1S/C25H25NO3/c1-3-19-14-16-22(17-15-19)26-24(27)18(2)29-25(28)23(20-10-6-4-7-11-20)21-12-8-5-9-13-21/h4-18,23H,3H2,1-2H3,(H,26,27)/t18-/m0/s1. The molecule has 0 aliphatic heterocycles. The number of anilines is 1. The van der Waals surface area contributed by atoms with Crippen molar-refractivity contribution in [3.05, 3.63) is 102 Å². The minimum Gasteiger partial charge on any atom is -0.452 e. The van der Waals surface area contributed by atoms with Crippen molar-refractivity contribution < 1.29 is 14.3 Å². The molecule has 0 aromatic heterocycles. The molecule has 148 valence electrons. The van der Waals surface area contributed by atoms with Gasteiger partial charge >= 0.3 is 5.97 Å². The molecular formula is C25H25NO3. The Balaban J connectivity index is 1.72. The second-order valence-corrected chi connectivity index (χ2v) is 6.87. The Hall–Kier alpha value is -3.40. The van der Waals surface area contributed by atoms with Crippen molar-refractivity contribution in [1.82, 2.24) is 0 Å². The van der Waals surface area contributed by atoms with Crippen LogP contribution in [0.2, 0.25) is 0 Å². The van der Waals surface area contributed by atoms with Crippen LogP contribution in [0.3, 0.4) is 0 Å². The minimum atomic E-state index is -0.914. The molecule has 0 bridgehead atoms. The highest BCUT2D eigenvalue weighted by Crippen LogP contribution is 2.26. The monoisotopic (exact) mass is 387 g/mol. The van der Waals surface area contributed by atoms with Crippen LogP contribution in [-0.4, -0.2) is 18.0 Å². The molecular weight excluding hydrogens is 362 g/mol. The summed E-state index contributed by atoms with van der Waals surface area (Å²) >= 11 is 0. The smallest absolute Gasteiger partial charge is 0.318 e. The maximum Gasteiger partial charge on any atom is 0.318 e. The fourth-order valence-electron chi connectivity index (χ4n) is 3.12. The molecule has 1 amide bonds. The van der Waals surface area contributed by atoms with Gasteiger partial charge in [-0.3, -0.25) is 9.59 Å². The fraction of sp³-hybridized carbons (Fsp3) is 0.200. The van der Waals surface area contributed by atoms with E-state index in [-0.39, 0.29) is 5.91 Å². The van der Waals surface area contributed by atoms with E-state index in [9.17, 15) is 9.59 Å². The Morgan fingerprint density at radius 1 is 0.828 bits per heavy atom. The van der Waals surface area contributed by atoms with Crippen molar-refractivity contribution in [2.45, 2.75) is 32.3 Å². The lowest BCUT2D eigenvalue weighted by Gasteiger charge is -2.20. The molecule has 0 unspecified atom stereocenters. The van der Waals surface area contributed by atoms with Gasteiger partial charge < -0.3 is 10.1 Å². The van der Waals surface area contributed by atoms with Crippen molar-refractivity contribution in [3.8, 4) is 0 Å². The molecule has 0 radical (unpaired) electrons. The number of hydrogen-bond acceptors (Lipinski definition) is 3. The van der Waals surface area contributed by atoms with Crippen LogP contribution in [0.25, 0.3) is 0 Å². The second-order valence-electron chi connectivity index (χ2n) is 6.87. The summed E-state index contributed by atoms with van der Waals surface area (Å²) in [4.78, 5) is 25.5. The lowest BCUT2D eigenvalue weighted by Crippen LogP contribution is -2.32. The normalized spacial score (nSPS) is 11.7. The first-order valence-corrected chi connectivity index (χ1v) is 9.78. The summed E-state index contributed by atoms with van der Waals surface area (Å²) in [6, 6.07) is 26.5. The molecule has 29 heavy (non-hydrogen) atoms. The molecule has 4 heteroatoms. The van der Waals surface area contributed by atoms with E-state index in [0.29, 0.717) is 5.69 Å². The molecule has 3 rings (SSSR count). The number of ether oxygens (including phenoxy) is 1. The van der Waals surface area contributed by atoms with Crippen LogP contribution in [0.5, 0.6) is 0 Å². The zero-order chi connectivity index (χ0) is 20.6. The molecule has 1 N–H and O–H groups in total. The first kappa shape index (κ1) is 20.3. The van der Waals surface area contributed by atoms with E-state index in [1.807, 2.05) is 84.9 Å². The summed E-state index contributed by atoms with van der Waals surface area (Å²) in [6.07, 6.45) is 0.0195. The number of benzene rings is 3. The highest BCUT2D eigenvalue weighted by Gasteiger charge is 2.27. The Morgan fingerprint density at radius 3 is 1.83 bits per heavy atom. The summed E-state index contributed by atoms with van der Waals surface area (Å²) in [5.74, 6) is -1.40. The van der Waals surface area contributed by atoms with Gasteiger partial charge in [0.05, 0.1) is 0 Å². The Bertz CT molecular complexity index is 897. The fourth-order valence-corrected chi connectivity index (χ4v) is 3.12. The van der Waals surface area contributed by atoms with E-state index in [2.05, 4.69) is 12.2 Å². The Labute approximate surface area is 171 Å². The van der Waals surface area contributed by atoms with Gasteiger partial charge in [0.15, 0.2) is 6.10 Å². The molecule has 0 heterocycles. The van der Waals surface area contributed by atoms with Gasteiger partial charge in [-0.05, 0) is 42.2 Å². The lowest BCUT2D eigenvalue weighted by atomic mass is 9.91. The van der Waals surface area contributed by atoms with Gasteiger partial charge in [-0.1, -0.05) is 79.7 Å². The maximum atomic E-state index is 13.0. The van der Waals surface area contributed by atoms with E-state index in [1.165, 1.54) is 5.56 Å². The Kier molecular flexibility index (Phi) is 6.80. The number of esters is 1. The average Bonchev–Trinajstić information content (AvgIpc) is 2.76. The van der Waals surface area contributed by atoms with Gasteiger partial charge in [0.1, 0.15) is 5.92 Å². The van der Waals surface area contributed by atoms with Crippen LogP contribution in [-0.2, 0) is 20.7 Å².